The van der Waals surface area contributed by atoms with E-state index in [1.807, 2.05) is 43.3 Å². The van der Waals surface area contributed by atoms with Crippen LogP contribution in [0.5, 0.6) is 0 Å². The Morgan fingerprint density at radius 2 is 1.79 bits per heavy atom. The molecule has 4 aromatic rings. The number of carbonyl (C=O) groups excluding carboxylic acids is 2. The summed E-state index contributed by atoms with van der Waals surface area (Å²) in [6.07, 6.45) is 1.70. The van der Waals surface area contributed by atoms with Gasteiger partial charge in [0.15, 0.2) is 11.6 Å². The number of pyridine rings is 2. The molecule has 29 heavy (non-hydrogen) atoms. The number of Topliss-reactive ketones (excluding diaryl/α,β-unsaturated/α-hetero) is 1. The molecule has 3 heterocycles. The molecule has 0 aliphatic carbocycles. The lowest BCUT2D eigenvalue weighted by Gasteiger charge is -2.10. The van der Waals surface area contributed by atoms with E-state index in [2.05, 4.69) is 20.4 Å². The second kappa shape index (κ2) is 7.27. The Morgan fingerprint density at radius 3 is 2.52 bits per heavy atom. The van der Waals surface area contributed by atoms with Gasteiger partial charge in [0, 0.05) is 30.5 Å². The number of ketones is 1. The van der Waals surface area contributed by atoms with Crippen LogP contribution in [0.4, 0.5) is 5.69 Å². The summed E-state index contributed by atoms with van der Waals surface area (Å²) in [4.78, 5) is 32.5. The second-order valence-electron chi connectivity index (χ2n) is 6.80. The van der Waals surface area contributed by atoms with Crippen LogP contribution in [0.2, 0.25) is 0 Å². The van der Waals surface area contributed by atoms with Crippen LogP contribution < -0.4 is 5.32 Å². The molecule has 0 aliphatic rings. The van der Waals surface area contributed by atoms with Gasteiger partial charge >= 0.3 is 0 Å². The van der Waals surface area contributed by atoms with Gasteiger partial charge in [0.1, 0.15) is 5.69 Å². The lowest BCUT2D eigenvalue weighted by molar-refractivity contribution is -0.114. The number of carbonyl (C=O) groups is 2. The molecule has 1 aromatic carbocycles. The highest BCUT2D eigenvalue weighted by Gasteiger charge is 2.15. The lowest BCUT2D eigenvalue weighted by Crippen LogP contribution is -2.07. The zero-order chi connectivity index (χ0) is 20.5. The van der Waals surface area contributed by atoms with Gasteiger partial charge in [-0.2, -0.15) is 5.10 Å². The van der Waals surface area contributed by atoms with E-state index in [-0.39, 0.29) is 11.7 Å². The van der Waals surface area contributed by atoms with Crippen LogP contribution in [0.25, 0.3) is 28.0 Å². The van der Waals surface area contributed by atoms with Crippen molar-refractivity contribution in [2.45, 2.75) is 20.8 Å². The number of hydrogen-bond donors (Lipinski definition) is 1. The Balaban J connectivity index is 1.96. The summed E-state index contributed by atoms with van der Waals surface area (Å²) in [5, 5.41) is 8.13. The molecule has 1 N–H and O–H groups in total. The number of anilines is 1. The molecule has 0 fully saturated rings. The maximum absolute atomic E-state index is 11.8. The minimum atomic E-state index is -0.185. The first-order valence-electron chi connectivity index (χ1n) is 9.14. The monoisotopic (exact) mass is 385 g/mol. The maximum atomic E-state index is 11.8. The number of nitrogens with one attached hydrogen (secondary N) is 1. The van der Waals surface area contributed by atoms with E-state index in [9.17, 15) is 9.59 Å². The third-order valence-electron chi connectivity index (χ3n) is 4.50. The van der Waals surface area contributed by atoms with Crippen LogP contribution >= 0.6 is 0 Å². The number of rotatable bonds is 4. The fourth-order valence-electron chi connectivity index (χ4n) is 3.19. The first-order valence-corrected chi connectivity index (χ1v) is 9.14. The highest BCUT2D eigenvalue weighted by atomic mass is 16.1. The minimum Gasteiger partial charge on any atom is -0.326 e. The second-order valence-corrected chi connectivity index (χ2v) is 6.80. The van der Waals surface area contributed by atoms with Crippen molar-refractivity contribution in [3.8, 4) is 17.1 Å². The van der Waals surface area contributed by atoms with Crippen molar-refractivity contribution in [2.24, 2.45) is 0 Å². The third-order valence-corrected chi connectivity index (χ3v) is 4.50. The summed E-state index contributed by atoms with van der Waals surface area (Å²) in [6, 6.07) is 14.8. The zero-order valence-corrected chi connectivity index (χ0v) is 16.3. The van der Waals surface area contributed by atoms with Gasteiger partial charge in [-0.3, -0.25) is 9.59 Å². The van der Waals surface area contributed by atoms with E-state index in [1.165, 1.54) is 13.8 Å². The Hall–Kier alpha value is -3.87. The fraction of sp³-hybridized carbons (Fsp3) is 0.136. The summed E-state index contributed by atoms with van der Waals surface area (Å²) in [5.41, 5.74) is 4.06. The molecule has 0 spiro atoms. The standard InChI is InChI=1S/C22H19N5O2/c1-13-6-4-9-22(24-13)27-21-11-16(19-8-5-7-18(26-19)14(2)28)10-20(25-15(3)29)17(21)12-23-27/h4-12H,1-3H3,(H,25,29). The highest BCUT2D eigenvalue weighted by Crippen LogP contribution is 2.31. The van der Waals surface area contributed by atoms with Crippen molar-refractivity contribution >= 4 is 28.3 Å². The van der Waals surface area contributed by atoms with E-state index in [0.29, 0.717) is 22.9 Å². The van der Waals surface area contributed by atoms with Gasteiger partial charge < -0.3 is 5.32 Å². The molecular formula is C22H19N5O2. The largest absolute Gasteiger partial charge is 0.326 e. The van der Waals surface area contributed by atoms with Gasteiger partial charge in [-0.15, -0.1) is 0 Å². The molecule has 144 valence electrons. The predicted octanol–water partition coefficient (Wildman–Crippen LogP) is 3.95. The normalized spacial score (nSPS) is 10.9. The summed E-state index contributed by atoms with van der Waals surface area (Å²) in [6.45, 7) is 4.86. The number of amides is 1. The van der Waals surface area contributed by atoms with Crippen LogP contribution in [0.15, 0.2) is 54.7 Å². The molecule has 0 radical (unpaired) electrons. The smallest absolute Gasteiger partial charge is 0.221 e. The van der Waals surface area contributed by atoms with Gasteiger partial charge in [-0.25, -0.2) is 14.6 Å². The molecule has 0 unspecified atom stereocenters. The van der Waals surface area contributed by atoms with Crippen molar-refractivity contribution in [3.63, 3.8) is 0 Å². The molecule has 7 heteroatoms. The van der Waals surface area contributed by atoms with Crippen LogP contribution in [0.3, 0.4) is 0 Å². The van der Waals surface area contributed by atoms with E-state index in [0.717, 1.165) is 22.2 Å². The molecule has 7 nitrogen and oxygen atoms in total. The van der Waals surface area contributed by atoms with E-state index in [1.54, 1.807) is 23.0 Å². The van der Waals surface area contributed by atoms with Crippen molar-refractivity contribution < 1.29 is 9.59 Å². The van der Waals surface area contributed by atoms with E-state index < -0.39 is 0 Å². The number of benzene rings is 1. The molecular weight excluding hydrogens is 366 g/mol. The Bertz CT molecular complexity index is 1260. The summed E-state index contributed by atoms with van der Waals surface area (Å²) in [5.74, 6) is 0.385. The molecule has 4 rings (SSSR count). The van der Waals surface area contributed by atoms with Gasteiger partial charge in [0.2, 0.25) is 5.91 Å². The first-order chi connectivity index (χ1) is 13.9. The Kier molecular flexibility index (Phi) is 4.64. The molecule has 1 amide bonds. The van der Waals surface area contributed by atoms with Gasteiger partial charge in [0.05, 0.1) is 23.1 Å². The summed E-state index contributed by atoms with van der Waals surface area (Å²) < 4.78 is 1.73. The fourth-order valence-corrected chi connectivity index (χ4v) is 3.19. The molecule has 0 saturated carbocycles. The quantitative estimate of drug-likeness (QED) is 0.537. The van der Waals surface area contributed by atoms with Crippen molar-refractivity contribution in [1.29, 1.82) is 0 Å². The number of nitrogens with zero attached hydrogens (tertiary/aromatic N) is 4. The average molecular weight is 385 g/mol. The maximum Gasteiger partial charge on any atom is 0.221 e. The number of hydrogen-bond acceptors (Lipinski definition) is 5. The predicted molar refractivity (Wildman–Crippen MR) is 111 cm³/mol. The van der Waals surface area contributed by atoms with Crippen molar-refractivity contribution in [1.82, 2.24) is 19.7 Å². The minimum absolute atomic E-state index is 0.107. The Morgan fingerprint density at radius 1 is 1.00 bits per heavy atom. The molecule has 0 atom stereocenters. The summed E-state index contributed by atoms with van der Waals surface area (Å²) in [7, 11) is 0. The number of aryl methyl sites for hydroxylation is 1. The third kappa shape index (κ3) is 3.62. The lowest BCUT2D eigenvalue weighted by atomic mass is 10.1. The van der Waals surface area contributed by atoms with Gasteiger partial charge in [-0.05, 0) is 43.3 Å². The topological polar surface area (TPSA) is 89.8 Å². The van der Waals surface area contributed by atoms with E-state index >= 15 is 0 Å². The molecule has 0 bridgehead atoms. The van der Waals surface area contributed by atoms with Crippen LogP contribution in [0.1, 0.15) is 30.0 Å². The van der Waals surface area contributed by atoms with Crippen LogP contribution in [0, 0.1) is 6.92 Å². The van der Waals surface area contributed by atoms with Crippen LogP contribution in [-0.2, 0) is 4.79 Å². The van der Waals surface area contributed by atoms with Crippen molar-refractivity contribution in [2.75, 3.05) is 5.32 Å². The van der Waals surface area contributed by atoms with Gasteiger partial charge in [-0.1, -0.05) is 12.1 Å². The summed E-state index contributed by atoms with van der Waals surface area (Å²) >= 11 is 0. The Labute approximate surface area is 167 Å². The number of aromatic nitrogens is 4. The number of fused-ring (bicyclic) bond motifs is 1. The van der Waals surface area contributed by atoms with E-state index in [4.69, 9.17) is 0 Å². The van der Waals surface area contributed by atoms with Crippen LogP contribution in [-0.4, -0.2) is 31.4 Å². The molecule has 0 saturated heterocycles. The SMILES string of the molecule is CC(=O)Nc1cc(-c2cccc(C(C)=O)n2)cc2c1cnn2-c1cccc(C)n1. The van der Waals surface area contributed by atoms with Gasteiger partial charge in [0.25, 0.3) is 0 Å². The average Bonchev–Trinajstić information content (AvgIpc) is 3.12. The molecule has 3 aromatic heterocycles. The highest BCUT2D eigenvalue weighted by molar-refractivity contribution is 6.03. The van der Waals surface area contributed by atoms with Crippen molar-refractivity contribution in [3.05, 3.63) is 66.1 Å². The molecule has 0 aliphatic heterocycles. The first kappa shape index (κ1) is 18.5. The zero-order valence-electron chi connectivity index (χ0n) is 16.3.